The largest absolute Gasteiger partial charge is 0.494 e. The second-order valence-corrected chi connectivity index (χ2v) is 8.62. The normalized spacial score (nSPS) is 12.2. The maximum absolute atomic E-state index is 12.2. The van der Waals surface area contributed by atoms with Gasteiger partial charge in [0.05, 0.1) is 24.6 Å². The lowest BCUT2D eigenvalue weighted by molar-refractivity contribution is -0.121. The molecule has 0 aromatic heterocycles. The van der Waals surface area contributed by atoms with Gasteiger partial charge in [0, 0.05) is 6.42 Å². The van der Waals surface area contributed by atoms with Crippen molar-refractivity contribution in [2.24, 2.45) is 0 Å². The minimum atomic E-state index is -3.38. The van der Waals surface area contributed by atoms with Crippen LogP contribution in [0.25, 0.3) is 0 Å². The van der Waals surface area contributed by atoms with Crippen LogP contribution >= 0.6 is 0 Å². The van der Waals surface area contributed by atoms with E-state index in [1.807, 2.05) is 44.2 Å². The molecule has 2 rings (SSSR count). The van der Waals surface area contributed by atoms with Crippen LogP contribution in [0.15, 0.2) is 48.5 Å². The number of carbonyl (C=O) groups excluding carboxylic acids is 1. The molecule has 6 nitrogen and oxygen atoms in total. The summed E-state index contributed by atoms with van der Waals surface area (Å²) in [6, 6.07) is 14.6. The number of sulfonamides is 1. The van der Waals surface area contributed by atoms with E-state index in [0.717, 1.165) is 29.6 Å². The van der Waals surface area contributed by atoms with Crippen LogP contribution in [0.1, 0.15) is 43.4 Å². The Morgan fingerprint density at radius 3 is 2.57 bits per heavy atom. The molecular weight excluding hydrogens is 376 g/mol. The first-order valence-electron chi connectivity index (χ1n) is 9.30. The number of benzene rings is 2. The molecule has 0 saturated heterocycles. The maximum atomic E-state index is 12.2. The molecule has 0 fully saturated rings. The number of rotatable bonds is 10. The highest BCUT2D eigenvalue weighted by Crippen LogP contribution is 2.23. The number of nitrogens with one attached hydrogen (secondary N) is 2. The fraction of sp³-hybridized carbons (Fsp3) is 0.381. The zero-order valence-electron chi connectivity index (χ0n) is 16.6. The van der Waals surface area contributed by atoms with Crippen LogP contribution in [-0.2, 0) is 14.8 Å². The van der Waals surface area contributed by atoms with Gasteiger partial charge >= 0.3 is 0 Å². The third-order valence-corrected chi connectivity index (χ3v) is 4.75. The van der Waals surface area contributed by atoms with Crippen molar-refractivity contribution in [3.8, 4) is 5.75 Å². The second kappa shape index (κ2) is 10.1. The lowest BCUT2D eigenvalue weighted by atomic mass is 10.1. The molecule has 2 aromatic carbocycles. The van der Waals surface area contributed by atoms with E-state index in [4.69, 9.17) is 4.74 Å². The Morgan fingerprint density at radius 1 is 1.11 bits per heavy atom. The zero-order valence-corrected chi connectivity index (χ0v) is 17.4. The molecule has 28 heavy (non-hydrogen) atoms. The van der Waals surface area contributed by atoms with Crippen LogP contribution in [0.3, 0.4) is 0 Å². The summed E-state index contributed by atoms with van der Waals surface area (Å²) in [5.41, 5.74) is 2.35. The van der Waals surface area contributed by atoms with Crippen molar-refractivity contribution in [2.45, 2.75) is 39.2 Å². The van der Waals surface area contributed by atoms with Gasteiger partial charge < -0.3 is 10.1 Å². The molecular formula is C21H28N2O4S. The molecule has 0 spiro atoms. The van der Waals surface area contributed by atoms with E-state index in [-0.39, 0.29) is 11.9 Å². The van der Waals surface area contributed by atoms with Crippen molar-refractivity contribution < 1.29 is 17.9 Å². The van der Waals surface area contributed by atoms with E-state index < -0.39 is 10.0 Å². The third-order valence-electron chi connectivity index (χ3n) is 4.16. The number of amides is 1. The molecule has 1 amide bonds. The summed E-state index contributed by atoms with van der Waals surface area (Å²) in [7, 11) is -3.38. The van der Waals surface area contributed by atoms with Crippen LogP contribution in [0, 0.1) is 6.92 Å². The van der Waals surface area contributed by atoms with Gasteiger partial charge in [0.1, 0.15) is 5.75 Å². The Balaban J connectivity index is 1.77. The number of ether oxygens (including phenoxy) is 1. The number of anilines is 1. The highest BCUT2D eigenvalue weighted by atomic mass is 32.2. The highest BCUT2D eigenvalue weighted by molar-refractivity contribution is 7.92. The zero-order chi connectivity index (χ0) is 20.6. The van der Waals surface area contributed by atoms with Gasteiger partial charge in [-0.3, -0.25) is 9.52 Å². The van der Waals surface area contributed by atoms with E-state index in [9.17, 15) is 13.2 Å². The topological polar surface area (TPSA) is 84.5 Å². The molecule has 0 aliphatic rings. The molecule has 0 heterocycles. The lowest BCUT2D eigenvalue weighted by Crippen LogP contribution is -2.27. The first kappa shape index (κ1) is 21.8. The number of unbranched alkanes of at least 4 members (excludes halogenated alkanes) is 1. The monoisotopic (exact) mass is 404 g/mol. The number of hydrogen-bond acceptors (Lipinski definition) is 4. The Hall–Kier alpha value is -2.54. The summed E-state index contributed by atoms with van der Waals surface area (Å²) < 4.78 is 31.2. The average molecular weight is 405 g/mol. The number of hydrogen-bond donors (Lipinski definition) is 2. The third kappa shape index (κ3) is 7.60. The summed E-state index contributed by atoms with van der Waals surface area (Å²) in [4.78, 5) is 12.2. The van der Waals surface area contributed by atoms with Gasteiger partial charge in [-0.2, -0.15) is 0 Å². The molecule has 0 aliphatic carbocycles. The number of carbonyl (C=O) groups is 1. The van der Waals surface area contributed by atoms with Gasteiger partial charge in [0.15, 0.2) is 0 Å². The van der Waals surface area contributed by atoms with Crippen LogP contribution in [0.5, 0.6) is 5.75 Å². The quantitative estimate of drug-likeness (QED) is 0.590. The van der Waals surface area contributed by atoms with Gasteiger partial charge in [0.2, 0.25) is 15.9 Å². The minimum Gasteiger partial charge on any atom is -0.494 e. The average Bonchev–Trinajstić information content (AvgIpc) is 2.60. The molecule has 1 unspecified atom stereocenters. The first-order valence-corrected chi connectivity index (χ1v) is 11.2. The molecule has 7 heteroatoms. The Kier molecular flexibility index (Phi) is 7.87. The number of aryl methyl sites for hydroxylation is 1. The molecule has 1 atom stereocenters. The fourth-order valence-electron chi connectivity index (χ4n) is 2.84. The summed E-state index contributed by atoms with van der Waals surface area (Å²) >= 11 is 0. The van der Waals surface area contributed by atoms with Crippen molar-refractivity contribution >= 4 is 21.6 Å². The standard InChI is InChI=1S/C21H28N2O4S/c1-16-9-8-10-18(15-16)27-14-7-6-13-21(24)22-17(2)19-11-4-5-12-20(19)23-28(3,25)26/h4-5,8-12,15,17,23H,6-7,13-14H2,1-3H3,(H,22,24). The van der Waals surface area contributed by atoms with Crippen molar-refractivity contribution in [3.63, 3.8) is 0 Å². The van der Waals surface area contributed by atoms with E-state index >= 15 is 0 Å². The minimum absolute atomic E-state index is 0.0720. The second-order valence-electron chi connectivity index (χ2n) is 6.87. The maximum Gasteiger partial charge on any atom is 0.229 e. The van der Waals surface area contributed by atoms with Crippen LogP contribution < -0.4 is 14.8 Å². The molecule has 0 aliphatic heterocycles. The SMILES string of the molecule is Cc1cccc(OCCCCC(=O)NC(C)c2ccccc2NS(C)(=O)=O)c1. The molecule has 2 N–H and O–H groups in total. The van der Waals surface area contributed by atoms with Gasteiger partial charge in [0.25, 0.3) is 0 Å². The van der Waals surface area contributed by atoms with Crippen LogP contribution in [-0.4, -0.2) is 27.2 Å². The fourth-order valence-corrected chi connectivity index (χ4v) is 3.43. The van der Waals surface area contributed by atoms with E-state index in [0.29, 0.717) is 25.1 Å². The lowest BCUT2D eigenvalue weighted by Gasteiger charge is -2.18. The van der Waals surface area contributed by atoms with Crippen LogP contribution in [0.2, 0.25) is 0 Å². The van der Waals surface area contributed by atoms with E-state index in [1.54, 1.807) is 18.2 Å². The van der Waals surface area contributed by atoms with Gasteiger partial charge in [-0.25, -0.2) is 8.42 Å². The Morgan fingerprint density at radius 2 is 1.86 bits per heavy atom. The summed E-state index contributed by atoms with van der Waals surface area (Å²) in [6.07, 6.45) is 2.99. The van der Waals surface area contributed by atoms with Gasteiger partial charge in [-0.1, -0.05) is 30.3 Å². The van der Waals surface area contributed by atoms with E-state index in [1.165, 1.54) is 0 Å². The summed E-state index contributed by atoms with van der Waals surface area (Å²) in [6.45, 7) is 4.41. The van der Waals surface area contributed by atoms with Crippen LogP contribution in [0.4, 0.5) is 5.69 Å². The molecule has 2 aromatic rings. The molecule has 0 saturated carbocycles. The van der Waals surface area contributed by atoms with Gasteiger partial charge in [-0.05, 0) is 56.0 Å². The van der Waals surface area contributed by atoms with E-state index in [2.05, 4.69) is 10.0 Å². The van der Waals surface area contributed by atoms with Crippen molar-refractivity contribution in [1.29, 1.82) is 0 Å². The van der Waals surface area contributed by atoms with Gasteiger partial charge in [-0.15, -0.1) is 0 Å². The predicted octanol–water partition coefficient (Wildman–Crippen LogP) is 3.79. The summed E-state index contributed by atoms with van der Waals surface area (Å²) in [5, 5.41) is 2.92. The van der Waals surface area contributed by atoms with Crippen molar-refractivity contribution in [1.82, 2.24) is 5.32 Å². The Labute approximate surface area is 167 Å². The highest BCUT2D eigenvalue weighted by Gasteiger charge is 2.15. The Bertz CT molecular complexity index is 897. The van der Waals surface area contributed by atoms with Crippen molar-refractivity contribution in [3.05, 3.63) is 59.7 Å². The molecule has 0 radical (unpaired) electrons. The number of para-hydroxylation sites is 1. The molecule has 152 valence electrons. The summed E-state index contributed by atoms with van der Waals surface area (Å²) in [5.74, 6) is 0.769. The van der Waals surface area contributed by atoms with Crippen molar-refractivity contribution in [2.75, 3.05) is 17.6 Å². The predicted molar refractivity (Wildman–Crippen MR) is 112 cm³/mol. The smallest absolute Gasteiger partial charge is 0.229 e. The first-order chi connectivity index (χ1) is 13.2. The molecule has 0 bridgehead atoms.